The Bertz CT molecular complexity index is 701. The van der Waals surface area contributed by atoms with Gasteiger partial charge in [0.25, 0.3) is 11.8 Å². The number of hydrogen-bond acceptors (Lipinski definition) is 1. The van der Waals surface area contributed by atoms with E-state index in [1.54, 1.807) is 6.20 Å². The van der Waals surface area contributed by atoms with Crippen LogP contribution in [0.1, 0.15) is 23.2 Å². The molecule has 1 aromatic carbocycles. The third-order valence-electron chi connectivity index (χ3n) is 3.96. The average molecular weight is 357 g/mol. The Hall–Kier alpha value is -1.43. The number of aryl methyl sites for hydroxylation is 1. The van der Waals surface area contributed by atoms with Gasteiger partial charge in [-0.15, -0.1) is 0 Å². The lowest BCUT2D eigenvalue weighted by molar-refractivity contribution is -0.0493. The summed E-state index contributed by atoms with van der Waals surface area (Å²) in [7, 11) is 1.87. The molecule has 112 valence electrons. The predicted molar refractivity (Wildman–Crippen MR) is 80.7 cm³/mol. The Morgan fingerprint density at radius 1 is 1.29 bits per heavy atom. The maximum absolute atomic E-state index is 13.2. The highest BCUT2D eigenvalue weighted by molar-refractivity contribution is 9.10. The number of amides is 1. The minimum absolute atomic E-state index is 0.107. The predicted octanol–water partition coefficient (Wildman–Crippen LogP) is 3.81. The summed E-state index contributed by atoms with van der Waals surface area (Å²) in [4.78, 5) is 14.1. The van der Waals surface area contributed by atoms with Gasteiger partial charge < -0.3 is 9.47 Å². The van der Waals surface area contributed by atoms with Crippen LogP contribution in [-0.4, -0.2) is 34.4 Å². The molecule has 0 aliphatic carbocycles. The van der Waals surface area contributed by atoms with Crippen LogP contribution in [0.4, 0.5) is 8.78 Å². The minimum Gasteiger partial charge on any atom is -0.350 e. The Labute approximate surface area is 129 Å². The van der Waals surface area contributed by atoms with Crippen molar-refractivity contribution in [3.05, 3.63) is 34.4 Å². The molecule has 2 heterocycles. The number of nitrogens with zero attached hydrogens (tertiary/aromatic N) is 2. The molecule has 1 aliphatic heterocycles. The number of likely N-dealkylation sites (tertiary alicyclic amines) is 1. The van der Waals surface area contributed by atoms with Crippen LogP contribution in [0.3, 0.4) is 0 Å². The van der Waals surface area contributed by atoms with Gasteiger partial charge in [0.05, 0.1) is 5.56 Å². The molecule has 0 atom stereocenters. The number of aromatic nitrogens is 1. The largest absolute Gasteiger partial charge is 0.350 e. The second-order valence-corrected chi connectivity index (χ2v) is 6.38. The Kier molecular flexibility index (Phi) is 3.51. The molecular formula is C15H15BrF2N2O. The van der Waals surface area contributed by atoms with E-state index in [-0.39, 0.29) is 31.8 Å². The first-order valence-corrected chi connectivity index (χ1v) is 7.58. The van der Waals surface area contributed by atoms with Crippen LogP contribution >= 0.6 is 15.9 Å². The fraction of sp³-hybridized carbons (Fsp3) is 0.400. The Balaban J connectivity index is 1.94. The second-order valence-electron chi connectivity index (χ2n) is 5.46. The quantitative estimate of drug-likeness (QED) is 0.762. The first kappa shape index (κ1) is 14.5. The molecule has 1 aromatic heterocycles. The first-order chi connectivity index (χ1) is 9.87. The number of rotatable bonds is 1. The topological polar surface area (TPSA) is 25.2 Å². The lowest BCUT2D eigenvalue weighted by atomic mass is 10.1. The fourth-order valence-corrected chi connectivity index (χ4v) is 3.10. The van der Waals surface area contributed by atoms with Gasteiger partial charge in [-0.2, -0.15) is 0 Å². The molecule has 21 heavy (non-hydrogen) atoms. The molecule has 0 radical (unpaired) electrons. The maximum atomic E-state index is 13.2. The molecule has 0 unspecified atom stereocenters. The van der Waals surface area contributed by atoms with Gasteiger partial charge in [0.2, 0.25) is 0 Å². The van der Waals surface area contributed by atoms with E-state index in [1.807, 2.05) is 29.8 Å². The zero-order chi connectivity index (χ0) is 15.2. The van der Waals surface area contributed by atoms with Crippen molar-refractivity contribution in [2.75, 3.05) is 13.1 Å². The van der Waals surface area contributed by atoms with E-state index in [4.69, 9.17) is 0 Å². The van der Waals surface area contributed by atoms with Crippen molar-refractivity contribution in [3.63, 3.8) is 0 Å². The monoisotopic (exact) mass is 356 g/mol. The summed E-state index contributed by atoms with van der Waals surface area (Å²) >= 11 is 3.40. The van der Waals surface area contributed by atoms with Crippen LogP contribution in [-0.2, 0) is 7.05 Å². The Morgan fingerprint density at radius 2 is 1.95 bits per heavy atom. The van der Waals surface area contributed by atoms with Gasteiger partial charge in [-0.05, 0) is 18.2 Å². The normalized spacial score (nSPS) is 18.2. The smallest absolute Gasteiger partial charge is 0.256 e. The van der Waals surface area contributed by atoms with E-state index < -0.39 is 5.92 Å². The molecule has 0 spiro atoms. The van der Waals surface area contributed by atoms with Gasteiger partial charge in [0, 0.05) is 54.6 Å². The number of piperidine rings is 1. The van der Waals surface area contributed by atoms with Gasteiger partial charge in [0.15, 0.2) is 0 Å². The van der Waals surface area contributed by atoms with Crippen molar-refractivity contribution in [2.45, 2.75) is 18.8 Å². The van der Waals surface area contributed by atoms with Crippen molar-refractivity contribution < 1.29 is 13.6 Å². The molecule has 1 saturated heterocycles. The molecule has 1 aliphatic rings. The van der Waals surface area contributed by atoms with E-state index in [2.05, 4.69) is 15.9 Å². The van der Waals surface area contributed by atoms with E-state index >= 15 is 0 Å². The van der Waals surface area contributed by atoms with Crippen molar-refractivity contribution in [2.24, 2.45) is 7.05 Å². The van der Waals surface area contributed by atoms with Crippen LogP contribution in [0.25, 0.3) is 10.9 Å². The lowest BCUT2D eigenvalue weighted by Gasteiger charge is -2.31. The third-order valence-corrected chi connectivity index (χ3v) is 4.46. The molecule has 0 saturated carbocycles. The molecule has 0 N–H and O–H groups in total. The highest BCUT2D eigenvalue weighted by Gasteiger charge is 2.36. The van der Waals surface area contributed by atoms with Crippen molar-refractivity contribution in [3.8, 4) is 0 Å². The van der Waals surface area contributed by atoms with E-state index in [0.717, 1.165) is 15.4 Å². The zero-order valence-electron chi connectivity index (χ0n) is 11.6. The number of fused-ring (bicyclic) bond motifs is 1. The SMILES string of the molecule is Cn1cc(C(=O)N2CCC(F)(F)CC2)c2cc(Br)ccc21. The number of carbonyl (C=O) groups excluding carboxylic acids is 1. The highest BCUT2D eigenvalue weighted by Crippen LogP contribution is 2.30. The van der Waals surface area contributed by atoms with E-state index in [1.165, 1.54) is 4.90 Å². The molecule has 1 amide bonds. The van der Waals surface area contributed by atoms with Crippen LogP contribution in [0.15, 0.2) is 28.9 Å². The summed E-state index contributed by atoms with van der Waals surface area (Å²) in [5.41, 5.74) is 1.52. The maximum Gasteiger partial charge on any atom is 0.256 e. The van der Waals surface area contributed by atoms with E-state index in [9.17, 15) is 13.6 Å². The Morgan fingerprint density at radius 3 is 2.62 bits per heavy atom. The van der Waals surface area contributed by atoms with Crippen molar-refractivity contribution >= 4 is 32.7 Å². The standard InChI is InChI=1S/C15H15BrF2N2O/c1-19-9-12(11-8-10(16)2-3-13(11)19)14(21)20-6-4-15(17,18)5-7-20/h2-3,8-9H,4-7H2,1H3. The zero-order valence-corrected chi connectivity index (χ0v) is 13.2. The summed E-state index contributed by atoms with van der Waals surface area (Å²) in [6.45, 7) is 0.215. The summed E-state index contributed by atoms with van der Waals surface area (Å²) in [6.07, 6.45) is 1.26. The summed E-state index contributed by atoms with van der Waals surface area (Å²) < 4.78 is 29.2. The number of alkyl halides is 2. The van der Waals surface area contributed by atoms with Gasteiger partial charge >= 0.3 is 0 Å². The molecule has 2 aromatic rings. The minimum atomic E-state index is -2.64. The summed E-state index contributed by atoms with van der Waals surface area (Å²) in [5.74, 6) is -2.81. The summed E-state index contributed by atoms with van der Waals surface area (Å²) in [5, 5.41) is 0.842. The number of benzene rings is 1. The van der Waals surface area contributed by atoms with E-state index in [0.29, 0.717) is 5.56 Å². The average Bonchev–Trinajstić information content (AvgIpc) is 2.75. The van der Waals surface area contributed by atoms with Gasteiger partial charge in [-0.3, -0.25) is 4.79 Å². The number of carbonyl (C=O) groups is 1. The second kappa shape index (κ2) is 5.09. The summed E-state index contributed by atoms with van der Waals surface area (Å²) in [6, 6.07) is 5.74. The number of hydrogen-bond donors (Lipinski definition) is 0. The molecule has 3 rings (SSSR count). The molecule has 6 heteroatoms. The van der Waals surface area contributed by atoms with Gasteiger partial charge in [0.1, 0.15) is 0 Å². The van der Waals surface area contributed by atoms with Gasteiger partial charge in [-0.25, -0.2) is 8.78 Å². The molecule has 1 fully saturated rings. The van der Waals surface area contributed by atoms with Gasteiger partial charge in [-0.1, -0.05) is 15.9 Å². The third kappa shape index (κ3) is 2.69. The van der Waals surface area contributed by atoms with Crippen LogP contribution in [0.2, 0.25) is 0 Å². The molecular weight excluding hydrogens is 342 g/mol. The fourth-order valence-electron chi connectivity index (χ4n) is 2.74. The lowest BCUT2D eigenvalue weighted by Crippen LogP contribution is -2.42. The van der Waals surface area contributed by atoms with Crippen LogP contribution < -0.4 is 0 Å². The van der Waals surface area contributed by atoms with Crippen LogP contribution in [0, 0.1) is 0 Å². The molecule has 0 bridgehead atoms. The van der Waals surface area contributed by atoms with Crippen molar-refractivity contribution in [1.82, 2.24) is 9.47 Å². The van der Waals surface area contributed by atoms with Crippen LogP contribution in [0.5, 0.6) is 0 Å². The highest BCUT2D eigenvalue weighted by atomic mass is 79.9. The first-order valence-electron chi connectivity index (χ1n) is 6.79. The van der Waals surface area contributed by atoms with Crippen molar-refractivity contribution in [1.29, 1.82) is 0 Å². The molecule has 3 nitrogen and oxygen atoms in total. The number of halogens is 3.